The van der Waals surface area contributed by atoms with Crippen LogP contribution < -0.4 is 15.2 Å². The predicted molar refractivity (Wildman–Crippen MR) is 71.1 cm³/mol. The minimum atomic E-state index is -3.01. The van der Waals surface area contributed by atoms with Crippen molar-refractivity contribution in [3.63, 3.8) is 0 Å². The number of halogens is 2. The van der Waals surface area contributed by atoms with E-state index in [0.717, 1.165) is 6.92 Å². The maximum atomic E-state index is 13.6. The summed E-state index contributed by atoms with van der Waals surface area (Å²) in [6, 6.07) is 2.57. The molecular weight excluding hydrogens is 268 g/mol. The molecule has 2 aromatic rings. The minimum absolute atomic E-state index is 0.189. The second-order valence-electron chi connectivity index (χ2n) is 4.35. The molecule has 7 heteroatoms. The number of hydrogen-bond donors (Lipinski definition) is 2. The van der Waals surface area contributed by atoms with E-state index < -0.39 is 5.92 Å². The van der Waals surface area contributed by atoms with Crippen LogP contribution in [0.3, 0.4) is 0 Å². The zero-order valence-electron chi connectivity index (χ0n) is 11.3. The molecule has 0 bridgehead atoms. The zero-order valence-corrected chi connectivity index (χ0v) is 11.3. The summed E-state index contributed by atoms with van der Waals surface area (Å²) >= 11 is 0. The van der Waals surface area contributed by atoms with Crippen LogP contribution in [-0.2, 0) is 5.92 Å². The predicted octanol–water partition coefficient (Wildman–Crippen LogP) is 2.79. The normalized spacial score (nSPS) is 11.4. The molecule has 0 unspecified atom stereocenters. The van der Waals surface area contributed by atoms with Crippen LogP contribution in [0.15, 0.2) is 18.3 Å². The maximum absolute atomic E-state index is 13.6. The number of nitrogens with one attached hydrogen (secondary N) is 1. The lowest BCUT2D eigenvalue weighted by Crippen LogP contribution is -2.08. The van der Waals surface area contributed by atoms with Gasteiger partial charge in [0.2, 0.25) is 0 Å². The SMILES string of the molecule is COc1cc(C(C)(F)F)cc(-c2cn[nH]c2N)c1OC. The quantitative estimate of drug-likeness (QED) is 0.905. The molecule has 0 saturated heterocycles. The van der Waals surface area contributed by atoms with Gasteiger partial charge in [0.05, 0.1) is 20.4 Å². The molecule has 108 valence electrons. The van der Waals surface area contributed by atoms with E-state index in [1.807, 2.05) is 0 Å². The highest BCUT2D eigenvalue weighted by molar-refractivity contribution is 5.81. The van der Waals surface area contributed by atoms with Crippen molar-refractivity contribution in [3.8, 4) is 22.6 Å². The lowest BCUT2D eigenvalue weighted by atomic mass is 10.00. The summed E-state index contributed by atoms with van der Waals surface area (Å²) in [6.07, 6.45) is 1.45. The smallest absolute Gasteiger partial charge is 0.270 e. The van der Waals surface area contributed by atoms with Gasteiger partial charge in [-0.3, -0.25) is 5.10 Å². The van der Waals surface area contributed by atoms with Gasteiger partial charge in [0, 0.05) is 23.6 Å². The van der Waals surface area contributed by atoms with E-state index in [1.165, 1.54) is 32.5 Å². The van der Waals surface area contributed by atoms with Crippen LogP contribution >= 0.6 is 0 Å². The molecule has 2 rings (SSSR count). The number of benzene rings is 1. The van der Waals surface area contributed by atoms with Gasteiger partial charge >= 0.3 is 0 Å². The Kier molecular flexibility index (Phi) is 3.52. The molecule has 3 N–H and O–H groups in total. The fourth-order valence-electron chi connectivity index (χ4n) is 1.93. The Hall–Kier alpha value is -2.31. The van der Waals surface area contributed by atoms with Gasteiger partial charge in [-0.2, -0.15) is 5.10 Å². The van der Waals surface area contributed by atoms with Gasteiger partial charge in [-0.15, -0.1) is 0 Å². The number of hydrogen-bond acceptors (Lipinski definition) is 4. The first-order valence-corrected chi connectivity index (χ1v) is 5.82. The molecular formula is C13H15F2N3O2. The van der Waals surface area contributed by atoms with Crippen LogP contribution in [0.2, 0.25) is 0 Å². The molecule has 1 aromatic carbocycles. The highest BCUT2D eigenvalue weighted by Gasteiger charge is 2.28. The zero-order chi connectivity index (χ0) is 14.9. The second-order valence-corrected chi connectivity index (χ2v) is 4.35. The molecule has 0 radical (unpaired) electrons. The van der Waals surface area contributed by atoms with Gasteiger partial charge in [-0.05, 0) is 12.1 Å². The first-order chi connectivity index (χ1) is 9.38. The Bertz CT molecular complexity index is 621. The molecule has 0 amide bonds. The third kappa shape index (κ3) is 2.38. The van der Waals surface area contributed by atoms with Crippen LogP contribution in [0.5, 0.6) is 11.5 Å². The molecule has 0 aliphatic carbocycles. The molecule has 5 nitrogen and oxygen atoms in total. The lowest BCUT2D eigenvalue weighted by Gasteiger charge is -2.17. The number of alkyl halides is 2. The Balaban J connectivity index is 2.74. The highest BCUT2D eigenvalue weighted by atomic mass is 19.3. The molecule has 0 spiro atoms. The maximum Gasteiger partial charge on any atom is 0.270 e. The third-order valence-electron chi connectivity index (χ3n) is 2.94. The van der Waals surface area contributed by atoms with Crippen molar-refractivity contribution in [2.45, 2.75) is 12.8 Å². The van der Waals surface area contributed by atoms with Gasteiger partial charge in [0.15, 0.2) is 11.5 Å². The summed E-state index contributed by atoms with van der Waals surface area (Å²) in [6.45, 7) is 0.816. The molecule has 1 aromatic heterocycles. The number of rotatable bonds is 4. The summed E-state index contributed by atoms with van der Waals surface area (Å²) in [5, 5.41) is 6.34. The molecule has 0 aliphatic heterocycles. The average Bonchev–Trinajstić information content (AvgIpc) is 2.82. The van der Waals surface area contributed by atoms with Gasteiger partial charge in [-0.25, -0.2) is 8.78 Å². The standard InChI is InChI=1S/C13H15F2N3O2/c1-13(14,15)7-4-8(9-6-17-18-12(9)16)11(20-3)10(5-7)19-2/h4-6H,1-3H3,(H3,16,17,18). The van der Waals surface area contributed by atoms with Gasteiger partial charge < -0.3 is 15.2 Å². The number of nitrogen functional groups attached to an aromatic ring is 1. The fourth-order valence-corrected chi connectivity index (χ4v) is 1.93. The van der Waals surface area contributed by atoms with E-state index in [-0.39, 0.29) is 17.1 Å². The van der Waals surface area contributed by atoms with Gasteiger partial charge in [0.25, 0.3) is 5.92 Å². The van der Waals surface area contributed by atoms with Crippen molar-refractivity contribution in [2.24, 2.45) is 0 Å². The van der Waals surface area contributed by atoms with E-state index >= 15 is 0 Å². The topological polar surface area (TPSA) is 73.2 Å². The number of nitrogens with zero attached hydrogens (tertiary/aromatic N) is 1. The van der Waals surface area contributed by atoms with E-state index in [9.17, 15) is 8.78 Å². The monoisotopic (exact) mass is 283 g/mol. The van der Waals surface area contributed by atoms with Crippen molar-refractivity contribution >= 4 is 5.82 Å². The first-order valence-electron chi connectivity index (χ1n) is 5.82. The van der Waals surface area contributed by atoms with E-state index in [2.05, 4.69) is 10.2 Å². The van der Waals surface area contributed by atoms with E-state index in [1.54, 1.807) is 0 Å². The van der Waals surface area contributed by atoms with Gasteiger partial charge in [-0.1, -0.05) is 0 Å². The van der Waals surface area contributed by atoms with E-state index in [4.69, 9.17) is 15.2 Å². The summed E-state index contributed by atoms with van der Waals surface area (Å²) in [7, 11) is 2.82. The highest BCUT2D eigenvalue weighted by Crippen LogP contribution is 2.43. The number of aromatic amines is 1. The number of H-pyrrole nitrogens is 1. The molecule has 0 fully saturated rings. The number of methoxy groups -OCH3 is 2. The molecule has 1 heterocycles. The Morgan fingerprint density at radius 2 is 1.90 bits per heavy atom. The fraction of sp³-hybridized carbons (Fsp3) is 0.308. The molecule has 20 heavy (non-hydrogen) atoms. The molecule has 0 atom stereocenters. The van der Waals surface area contributed by atoms with Crippen molar-refractivity contribution in [1.82, 2.24) is 10.2 Å². The lowest BCUT2D eigenvalue weighted by molar-refractivity contribution is 0.0172. The van der Waals surface area contributed by atoms with Crippen molar-refractivity contribution in [3.05, 3.63) is 23.9 Å². The van der Waals surface area contributed by atoms with Gasteiger partial charge in [0.1, 0.15) is 5.82 Å². The van der Waals surface area contributed by atoms with Crippen molar-refractivity contribution in [2.75, 3.05) is 20.0 Å². The van der Waals surface area contributed by atoms with Crippen LogP contribution in [-0.4, -0.2) is 24.4 Å². The molecule has 0 aliphatic rings. The average molecular weight is 283 g/mol. The second kappa shape index (κ2) is 4.99. The number of nitrogens with two attached hydrogens (primary N) is 1. The Labute approximate surface area is 114 Å². The summed E-state index contributed by atoms with van der Waals surface area (Å²) < 4.78 is 37.5. The summed E-state index contributed by atoms with van der Waals surface area (Å²) in [4.78, 5) is 0. The van der Waals surface area contributed by atoms with Crippen LogP contribution in [0, 0.1) is 0 Å². The van der Waals surface area contributed by atoms with Crippen LogP contribution in [0.25, 0.3) is 11.1 Å². The third-order valence-corrected chi connectivity index (χ3v) is 2.94. The summed E-state index contributed by atoms with van der Waals surface area (Å²) in [5.41, 5.74) is 6.43. The molecule has 0 saturated carbocycles. The van der Waals surface area contributed by atoms with Crippen molar-refractivity contribution < 1.29 is 18.3 Å². The minimum Gasteiger partial charge on any atom is -0.493 e. The summed E-state index contributed by atoms with van der Waals surface area (Å²) in [5.74, 6) is -2.20. The number of ether oxygens (including phenoxy) is 2. The van der Waals surface area contributed by atoms with Crippen LogP contribution in [0.1, 0.15) is 12.5 Å². The Morgan fingerprint density at radius 3 is 2.35 bits per heavy atom. The van der Waals surface area contributed by atoms with Crippen molar-refractivity contribution in [1.29, 1.82) is 0 Å². The van der Waals surface area contributed by atoms with E-state index in [0.29, 0.717) is 16.9 Å². The number of anilines is 1. The number of aromatic nitrogens is 2. The van der Waals surface area contributed by atoms with Crippen LogP contribution in [0.4, 0.5) is 14.6 Å². The Morgan fingerprint density at radius 1 is 1.20 bits per heavy atom. The largest absolute Gasteiger partial charge is 0.493 e. The first kappa shape index (κ1) is 14.1.